The SMILES string of the molecule is O=C(NC1CCN(C(=O)c2ccc(F)c(S(=O)(=O)N3CCCCC3)c2)CC1)c1ccsc1. The van der Waals surface area contributed by atoms with Crippen LogP contribution in [0.4, 0.5) is 4.39 Å². The number of sulfonamides is 1. The second kappa shape index (κ2) is 9.68. The molecule has 0 saturated carbocycles. The van der Waals surface area contributed by atoms with Gasteiger partial charge in [-0.2, -0.15) is 15.6 Å². The molecule has 2 aliphatic rings. The number of nitrogens with zero attached hydrogens (tertiary/aromatic N) is 2. The lowest BCUT2D eigenvalue weighted by Gasteiger charge is -2.32. The first-order chi connectivity index (χ1) is 15.4. The van der Waals surface area contributed by atoms with Gasteiger partial charge < -0.3 is 10.2 Å². The number of nitrogens with one attached hydrogen (secondary N) is 1. The van der Waals surface area contributed by atoms with Crippen LogP contribution in [0.3, 0.4) is 0 Å². The third kappa shape index (κ3) is 4.87. The standard InChI is InChI=1S/C22H26FN3O4S2/c23-19-5-4-16(14-20(19)32(29,30)26-9-2-1-3-10-26)22(28)25-11-6-18(7-12-25)24-21(27)17-8-13-31-15-17/h4-5,8,13-15,18H,1-3,6-7,9-12H2,(H,24,27). The topological polar surface area (TPSA) is 86.8 Å². The van der Waals surface area contributed by atoms with E-state index < -0.39 is 20.7 Å². The van der Waals surface area contributed by atoms with Crippen LogP contribution in [0, 0.1) is 5.82 Å². The minimum Gasteiger partial charge on any atom is -0.349 e. The molecule has 32 heavy (non-hydrogen) atoms. The summed E-state index contributed by atoms with van der Waals surface area (Å²) in [6.45, 7) is 1.59. The summed E-state index contributed by atoms with van der Waals surface area (Å²) in [6.07, 6.45) is 3.65. The Morgan fingerprint density at radius 3 is 2.38 bits per heavy atom. The van der Waals surface area contributed by atoms with Gasteiger partial charge in [0, 0.05) is 48.7 Å². The van der Waals surface area contributed by atoms with E-state index in [1.165, 1.54) is 21.7 Å². The Labute approximate surface area is 191 Å². The monoisotopic (exact) mass is 479 g/mol. The Bertz CT molecular complexity index is 1070. The number of hydrogen-bond acceptors (Lipinski definition) is 5. The number of halogens is 1. The van der Waals surface area contributed by atoms with Crippen LogP contribution in [-0.2, 0) is 10.0 Å². The molecule has 1 N–H and O–H groups in total. The summed E-state index contributed by atoms with van der Waals surface area (Å²) in [5, 5.41) is 6.62. The van der Waals surface area contributed by atoms with Crippen molar-refractivity contribution in [2.75, 3.05) is 26.2 Å². The molecule has 7 nitrogen and oxygen atoms in total. The minimum atomic E-state index is -3.98. The Morgan fingerprint density at radius 1 is 1.00 bits per heavy atom. The van der Waals surface area contributed by atoms with Crippen LogP contribution >= 0.6 is 11.3 Å². The van der Waals surface area contributed by atoms with Crippen LogP contribution in [-0.4, -0.2) is 61.7 Å². The maximum atomic E-state index is 14.4. The largest absolute Gasteiger partial charge is 0.349 e. The fraction of sp³-hybridized carbons (Fsp3) is 0.455. The van der Waals surface area contributed by atoms with Gasteiger partial charge in [0.15, 0.2) is 0 Å². The van der Waals surface area contributed by atoms with Crippen LogP contribution in [0.25, 0.3) is 0 Å². The van der Waals surface area contributed by atoms with Gasteiger partial charge in [0.05, 0.1) is 0 Å². The van der Waals surface area contributed by atoms with Crippen LogP contribution < -0.4 is 5.32 Å². The molecule has 172 valence electrons. The van der Waals surface area contributed by atoms with E-state index in [2.05, 4.69) is 5.32 Å². The van der Waals surface area contributed by atoms with E-state index in [1.54, 1.807) is 16.3 Å². The Balaban J connectivity index is 1.42. The second-order valence-electron chi connectivity index (χ2n) is 8.16. The molecule has 0 bridgehead atoms. The van der Waals surface area contributed by atoms with Gasteiger partial charge in [-0.05, 0) is 55.3 Å². The number of likely N-dealkylation sites (tertiary alicyclic amines) is 1. The minimum absolute atomic E-state index is 0.0327. The summed E-state index contributed by atoms with van der Waals surface area (Å²) in [5.74, 6) is -1.30. The molecular formula is C22H26FN3O4S2. The molecule has 2 aliphatic heterocycles. The predicted octanol–water partition coefficient (Wildman–Crippen LogP) is 3.10. The molecule has 1 aromatic heterocycles. The highest BCUT2D eigenvalue weighted by molar-refractivity contribution is 7.89. The van der Waals surface area contributed by atoms with Gasteiger partial charge in [-0.1, -0.05) is 6.42 Å². The molecule has 2 aromatic rings. The van der Waals surface area contributed by atoms with Crippen molar-refractivity contribution in [2.24, 2.45) is 0 Å². The van der Waals surface area contributed by atoms with E-state index in [0.29, 0.717) is 44.6 Å². The van der Waals surface area contributed by atoms with Crippen molar-refractivity contribution in [1.29, 1.82) is 0 Å². The van der Waals surface area contributed by atoms with Gasteiger partial charge in [-0.3, -0.25) is 9.59 Å². The van der Waals surface area contributed by atoms with Crippen molar-refractivity contribution in [3.05, 3.63) is 52.0 Å². The average molecular weight is 480 g/mol. The molecule has 10 heteroatoms. The maximum Gasteiger partial charge on any atom is 0.253 e. The summed E-state index contributed by atoms with van der Waals surface area (Å²) in [6, 6.07) is 5.28. The Kier molecular flexibility index (Phi) is 6.92. The number of rotatable bonds is 5. The van der Waals surface area contributed by atoms with Gasteiger partial charge in [0.25, 0.3) is 11.8 Å². The van der Waals surface area contributed by atoms with Crippen molar-refractivity contribution < 1.29 is 22.4 Å². The summed E-state index contributed by atoms with van der Waals surface area (Å²) in [5.41, 5.74) is 0.782. The Hall–Kier alpha value is -2.30. The number of hydrogen-bond donors (Lipinski definition) is 1. The zero-order valence-electron chi connectivity index (χ0n) is 17.6. The smallest absolute Gasteiger partial charge is 0.253 e. The number of amides is 2. The highest BCUT2D eigenvalue weighted by atomic mass is 32.2. The average Bonchev–Trinajstić information content (AvgIpc) is 3.35. The molecule has 1 aromatic carbocycles. The van der Waals surface area contributed by atoms with Crippen molar-refractivity contribution in [1.82, 2.24) is 14.5 Å². The number of thiophene rings is 1. The van der Waals surface area contributed by atoms with Crippen LogP contribution in [0.2, 0.25) is 0 Å². The molecule has 4 rings (SSSR count). The van der Waals surface area contributed by atoms with E-state index in [-0.39, 0.29) is 23.4 Å². The fourth-order valence-electron chi connectivity index (χ4n) is 4.15. The van der Waals surface area contributed by atoms with E-state index in [0.717, 1.165) is 31.4 Å². The molecule has 0 unspecified atom stereocenters. The number of carbonyl (C=O) groups excluding carboxylic acids is 2. The number of carbonyl (C=O) groups is 2. The lowest BCUT2D eigenvalue weighted by molar-refractivity contribution is 0.0698. The molecule has 3 heterocycles. The van der Waals surface area contributed by atoms with Gasteiger partial charge in [-0.15, -0.1) is 0 Å². The first-order valence-corrected chi connectivity index (χ1v) is 13.2. The number of benzene rings is 1. The third-order valence-electron chi connectivity index (χ3n) is 6.01. The third-order valence-corrected chi connectivity index (χ3v) is 8.61. The van der Waals surface area contributed by atoms with Crippen LogP contribution in [0.5, 0.6) is 0 Å². The summed E-state index contributed by atoms with van der Waals surface area (Å²) in [7, 11) is -3.98. The van der Waals surface area contributed by atoms with Crippen molar-refractivity contribution in [2.45, 2.75) is 43.0 Å². The van der Waals surface area contributed by atoms with Gasteiger partial charge in [-0.25, -0.2) is 12.8 Å². The van der Waals surface area contributed by atoms with Crippen molar-refractivity contribution in [3.8, 4) is 0 Å². The highest BCUT2D eigenvalue weighted by Gasteiger charge is 2.31. The molecule has 2 fully saturated rings. The van der Waals surface area contributed by atoms with Crippen LogP contribution in [0.15, 0.2) is 39.9 Å². The number of piperidine rings is 2. The molecule has 0 radical (unpaired) electrons. The lowest BCUT2D eigenvalue weighted by atomic mass is 10.0. The quantitative estimate of drug-likeness (QED) is 0.714. The highest BCUT2D eigenvalue weighted by Crippen LogP contribution is 2.25. The normalized spacial score (nSPS) is 18.5. The van der Waals surface area contributed by atoms with E-state index in [1.807, 2.05) is 5.38 Å². The van der Waals surface area contributed by atoms with Gasteiger partial charge in [0.1, 0.15) is 10.7 Å². The zero-order chi connectivity index (χ0) is 22.7. The zero-order valence-corrected chi connectivity index (χ0v) is 19.3. The molecule has 0 aliphatic carbocycles. The molecular weight excluding hydrogens is 453 g/mol. The first kappa shape index (κ1) is 22.9. The molecule has 2 saturated heterocycles. The summed E-state index contributed by atoms with van der Waals surface area (Å²) < 4.78 is 41.6. The lowest BCUT2D eigenvalue weighted by Crippen LogP contribution is -2.46. The maximum absolute atomic E-state index is 14.4. The van der Waals surface area contributed by atoms with E-state index in [9.17, 15) is 22.4 Å². The molecule has 2 amide bonds. The van der Waals surface area contributed by atoms with Crippen LogP contribution in [0.1, 0.15) is 52.8 Å². The predicted molar refractivity (Wildman–Crippen MR) is 120 cm³/mol. The molecule has 0 atom stereocenters. The summed E-state index contributed by atoms with van der Waals surface area (Å²) >= 11 is 1.46. The molecule has 0 spiro atoms. The van der Waals surface area contributed by atoms with E-state index >= 15 is 0 Å². The van der Waals surface area contributed by atoms with Crippen molar-refractivity contribution >= 4 is 33.2 Å². The van der Waals surface area contributed by atoms with E-state index in [4.69, 9.17) is 0 Å². The Morgan fingerprint density at radius 2 is 1.72 bits per heavy atom. The first-order valence-electron chi connectivity index (χ1n) is 10.8. The van der Waals surface area contributed by atoms with Gasteiger partial charge in [0.2, 0.25) is 10.0 Å². The fourth-order valence-corrected chi connectivity index (χ4v) is 6.39. The second-order valence-corrected chi connectivity index (χ2v) is 10.8. The van der Waals surface area contributed by atoms with Gasteiger partial charge >= 0.3 is 0 Å². The summed E-state index contributed by atoms with van der Waals surface area (Å²) in [4.78, 5) is 26.4. The van der Waals surface area contributed by atoms with Crippen molar-refractivity contribution in [3.63, 3.8) is 0 Å².